The van der Waals surface area contributed by atoms with Crippen LogP contribution in [0, 0.1) is 5.82 Å². The van der Waals surface area contributed by atoms with Crippen LogP contribution in [0.25, 0.3) is 11.7 Å². The molecule has 1 atom stereocenters. The number of halogens is 1. The smallest absolute Gasteiger partial charge is 0.267 e. The van der Waals surface area contributed by atoms with E-state index in [0.717, 1.165) is 12.1 Å². The third-order valence-electron chi connectivity index (χ3n) is 6.65. The highest BCUT2D eigenvalue weighted by atomic mass is 32.2. The highest BCUT2D eigenvalue weighted by molar-refractivity contribution is 8.26. The number of aromatic nitrogens is 2. The van der Waals surface area contributed by atoms with Crippen molar-refractivity contribution in [3.05, 3.63) is 75.3 Å². The Bertz CT molecular complexity index is 1410. The molecule has 2 aliphatic rings. The molecule has 4 heterocycles. The van der Waals surface area contributed by atoms with Gasteiger partial charge in [0.15, 0.2) is 0 Å². The molecule has 0 radical (unpaired) electrons. The van der Waals surface area contributed by atoms with Crippen molar-refractivity contribution in [2.45, 2.75) is 26.3 Å². The molecule has 0 N–H and O–H groups in total. The van der Waals surface area contributed by atoms with E-state index in [9.17, 15) is 14.0 Å². The van der Waals surface area contributed by atoms with Gasteiger partial charge in [0.1, 0.15) is 21.6 Å². The summed E-state index contributed by atoms with van der Waals surface area (Å²) in [5.74, 6) is 0.115. The van der Waals surface area contributed by atoms with Crippen LogP contribution in [-0.2, 0) is 4.79 Å². The molecule has 186 valence electrons. The zero-order valence-electron chi connectivity index (χ0n) is 20.1. The van der Waals surface area contributed by atoms with Crippen LogP contribution in [0.5, 0.6) is 0 Å². The van der Waals surface area contributed by atoms with Gasteiger partial charge < -0.3 is 9.80 Å². The molecule has 1 aromatic carbocycles. The first-order valence-corrected chi connectivity index (χ1v) is 13.1. The van der Waals surface area contributed by atoms with Gasteiger partial charge in [-0.05, 0) is 55.8 Å². The molecule has 2 aromatic heterocycles. The molecule has 0 aliphatic carbocycles. The zero-order chi connectivity index (χ0) is 25.4. The van der Waals surface area contributed by atoms with Crippen molar-refractivity contribution in [3.63, 3.8) is 0 Å². The largest absolute Gasteiger partial charge is 0.368 e. The second-order valence-electron chi connectivity index (χ2n) is 8.84. The number of pyridine rings is 1. The summed E-state index contributed by atoms with van der Waals surface area (Å²) in [5, 5.41) is 0. The lowest BCUT2D eigenvalue weighted by molar-refractivity contribution is -0.123. The van der Waals surface area contributed by atoms with Crippen LogP contribution in [0.15, 0.2) is 58.4 Å². The average Bonchev–Trinajstić information content (AvgIpc) is 3.18. The van der Waals surface area contributed by atoms with Crippen LogP contribution >= 0.6 is 24.0 Å². The first-order chi connectivity index (χ1) is 17.4. The maximum Gasteiger partial charge on any atom is 0.267 e. The average molecular weight is 524 g/mol. The molecule has 2 aliphatic heterocycles. The lowest BCUT2D eigenvalue weighted by atomic mass is 10.2. The molecule has 0 spiro atoms. The molecule has 36 heavy (non-hydrogen) atoms. The standard InChI is InChI=1S/C26H26FN5O2S2/c1-3-17(2)32-25(34)21(36-26(32)35)16-20-23(28-22-6-4-5-11-31(22)24(20)33)30-14-12-29(13-15-30)19-9-7-18(27)8-10-19/h4-11,16-17H,3,12-15H2,1-2H3/b21-16-/t17-/m0/s1. The van der Waals surface area contributed by atoms with Crippen LogP contribution in [0.4, 0.5) is 15.9 Å². The van der Waals surface area contributed by atoms with Gasteiger partial charge in [-0.25, -0.2) is 9.37 Å². The van der Waals surface area contributed by atoms with Crippen molar-refractivity contribution >= 4 is 57.4 Å². The lowest BCUT2D eigenvalue weighted by Gasteiger charge is -2.37. The van der Waals surface area contributed by atoms with Crippen molar-refractivity contribution in [2.75, 3.05) is 36.0 Å². The first kappa shape index (κ1) is 24.5. The SMILES string of the molecule is CC[C@H](C)N1C(=O)/C(=C/c2c(N3CCN(c4ccc(F)cc4)CC3)nc3ccccn3c2=O)SC1=S. The van der Waals surface area contributed by atoms with Gasteiger partial charge in [-0.15, -0.1) is 0 Å². The summed E-state index contributed by atoms with van der Waals surface area (Å²) in [5.41, 5.74) is 1.64. The number of nitrogens with zero attached hydrogens (tertiary/aromatic N) is 5. The van der Waals surface area contributed by atoms with Crippen LogP contribution < -0.4 is 15.4 Å². The fourth-order valence-electron chi connectivity index (χ4n) is 4.46. The molecular weight excluding hydrogens is 497 g/mol. The molecule has 7 nitrogen and oxygen atoms in total. The number of carbonyl (C=O) groups excluding carboxylic acids is 1. The third-order valence-corrected chi connectivity index (χ3v) is 7.98. The highest BCUT2D eigenvalue weighted by Crippen LogP contribution is 2.35. The van der Waals surface area contributed by atoms with Gasteiger partial charge in [0, 0.05) is 44.1 Å². The van der Waals surface area contributed by atoms with Crippen molar-refractivity contribution in [1.29, 1.82) is 0 Å². The summed E-state index contributed by atoms with van der Waals surface area (Å²) in [6.45, 7) is 6.61. The van der Waals surface area contributed by atoms with E-state index in [-0.39, 0.29) is 23.3 Å². The zero-order valence-corrected chi connectivity index (χ0v) is 21.7. The van der Waals surface area contributed by atoms with Crippen LogP contribution in [0.3, 0.4) is 0 Å². The number of thioether (sulfide) groups is 1. The van der Waals surface area contributed by atoms with Crippen LogP contribution in [0.1, 0.15) is 25.8 Å². The van der Waals surface area contributed by atoms with E-state index in [1.165, 1.54) is 28.3 Å². The Hall–Kier alpha value is -3.24. The maximum absolute atomic E-state index is 13.6. The number of fused-ring (bicyclic) bond motifs is 1. The molecule has 0 saturated carbocycles. The van der Waals surface area contributed by atoms with Gasteiger partial charge in [-0.1, -0.05) is 37.0 Å². The summed E-state index contributed by atoms with van der Waals surface area (Å²) < 4.78 is 15.3. The number of piperazine rings is 1. The Kier molecular flexibility index (Phi) is 6.81. The fraction of sp³-hybridized carbons (Fsp3) is 0.308. The molecule has 2 fully saturated rings. The molecule has 5 rings (SSSR count). The van der Waals surface area contributed by atoms with Crippen molar-refractivity contribution in [3.8, 4) is 0 Å². The molecule has 0 bridgehead atoms. The second-order valence-corrected chi connectivity index (χ2v) is 10.5. The number of anilines is 2. The minimum Gasteiger partial charge on any atom is -0.368 e. The Morgan fingerprint density at radius 2 is 1.78 bits per heavy atom. The summed E-state index contributed by atoms with van der Waals surface area (Å²) in [4.78, 5) is 37.9. The lowest BCUT2D eigenvalue weighted by Crippen LogP contribution is -2.47. The highest BCUT2D eigenvalue weighted by Gasteiger charge is 2.35. The molecule has 10 heteroatoms. The van der Waals surface area contributed by atoms with Gasteiger partial charge in [-0.3, -0.25) is 18.9 Å². The number of thiocarbonyl (C=S) groups is 1. The van der Waals surface area contributed by atoms with E-state index in [2.05, 4.69) is 9.80 Å². The summed E-state index contributed by atoms with van der Waals surface area (Å²) in [7, 11) is 0. The molecule has 3 aromatic rings. The Morgan fingerprint density at radius 3 is 2.47 bits per heavy atom. The number of amides is 1. The molecule has 0 unspecified atom stereocenters. The third kappa shape index (κ3) is 4.51. The summed E-state index contributed by atoms with van der Waals surface area (Å²) >= 11 is 6.70. The van der Waals surface area contributed by atoms with E-state index >= 15 is 0 Å². The van der Waals surface area contributed by atoms with E-state index in [1.807, 2.05) is 19.9 Å². The van der Waals surface area contributed by atoms with Gasteiger partial charge in [0.25, 0.3) is 11.5 Å². The predicted molar refractivity (Wildman–Crippen MR) is 147 cm³/mol. The Labute approximate surface area is 218 Å². The first-order valence-electron chi connectivity index (χ1n) is 11.9. The number of hydrogen-bond acceptors (Lipinski definition) is 7. The molecule has 1 amide bonds. The second kappa shape index (κ2) is 10.0. The van der Waals surface area contributed by atoms with Gasteiger partial charge in [0.2, 0.25) is 0 Å². The Balaban J connectivity index is 1.51. The minimum absolute atomic E-state index is 0.0155. The van der Waals surface area contributed by atoms with Crippen molar-refractivity contribution in [2.24, 2.45) is 0 Å². The van der Waals surface area contributed by atoms with Gasteiger partial charge in [-0.2, -0.15) is 0 Å². The minimum atomic E-state index is -0.262. The number of rotatable bonds is 5. The predicted octanol–water partition coefficient (Wildman–Crippen LogP) is 4.16. The maximum atomic E-state index is 13.6. The number of hydrogen-bond donors (Lipinski definition) is 0. The topological polar surface area (TPSA) is 61.2 Å². The normalized spacial score (nSPS) is 18.5. The van der Waals surface area contributed by atoms with E-state index in [1.54, 1.807) is 41.4 Å². The van der Waals surface area contributed by atoms with Crippen molar-refractivity contribution in [1.82, 2.24) is 14.3 Å². The van der Waals surface area contributed by atoms with E-state index in [4.69, 9.17) is 17.2 Å². The van der Waals surface area contributed by atoms with Crippen LogP contribution in [-0.4, -0.2) is 56.7 Å². The molecular formula is C26H26FN5O2S2. The number of benzene rings is 1. The fourth-order valence-corrected chi connectivity index (χ4v) is 5.90. The molecule has 2 saturated heterocycles. The van der Waals surface area contributed by atoms with Crippen molar-refractivity contribution < 1.29 is 9.18 Å². The quantitative estimate of drug-likeness (QED) is 0.368. The summed E-state index contributed by atoms with van der Waals surface area (Å²) in [6, 6.07) is 11.9. The summed E-state index contributed by atoms with van der Waals surface area (Å²) in [6.07, 6.45) is 4.12. The Morgan fingerprint density at radius 1 is 1.08 bits per heavy atom. The monoisotopic (exact) mass is 523 g/mol. The van der Waals surface area contributed by atoms with E-state index < -0.39 is 0 Å². The van der Waals surface area contributed by atoms with E-state index in [0.29, 0.717) is 52.4 Å². The number of carbonyl (C=O) groups is 1. The van der Waals surface area contributed by atoms with Crippen LogP contribution in [0.2, 0.25) is 0 Å². The van der Waals surface area contributed by atoms with Gasteiger partial charge in [0.05, 0.1) is 10.5 Å². The van der Waals surface area contributed by atoms with Gasteiger partial charge >= 0.3 is 0 Å².